The molecule has 23 nitrogen and oxygen atoms in total. The van der Waals surface area contributed by atoms with Crippen molar-refractivity contribution < 1.29 is 75.7 Å². The molecule has 4 rings (SSSR count). The zero-order valence-electron chi connectivity index (χ0n) is 29.5. The van der Waals surface area contributed by atoms with Gasteiger partial charge in [-0.1, -0.05) is 31.5 Å². The monoisotopic (exact) mass is 857 g/mol. The van der Waals surface area contributed by atoms with Crippen LogP contribution in [0.5, 0.6) is 0 Å². The van der Waals surface area contributed by atoms with E-state index in [-0.39, 0.29) is 35.9 Å². The summed E-state index contributed by atoms with van der Waals surface area (Å²) >= 11 is 1.56. The standard InChI is InChI=1S/C28H42N7O16P3S/c1-16-4-6-17(7-5-16)55-11-10-30-19(36)8-9-31-26(39)23(38)28(2,3)13-48-54(45,46)51-53(43,44)47-12-18-22(50-52(40,41)42)21(37)27(49-18)35-15-34-20-24(29)32-14-33-25(20)35/h4-7,14-15,18,21-23,27,37-38H,8-13H2,1-3H3,(H,30,36)(H,31,39)(H,43,44)(H,45,46)(H2,29,32,33)(H2,40,41,42)/t18-,21-,22-,23+,27-/m1/s1. The fraction of sp³-hybridized carbons (Fsp3) is 0.536. The molecule has 2 aromatic heterocycles. The van der Waals surface area contributed by atoms with E-state index in [9.17, 15) is 53.1 Å². The summed E-state index contributed by atoms with van der Waals surface area (Å²) in [6, 6.07) is 7.92. The number of benzene rings is 1. The van der Waals surface area contributed by atoms with Crippen molar-refractivity contribution in [2.24, 2.45) is 5.41 Å². The van der Waals surface area contributed by atoms with E-state index in [0.717, 1.165) is 27.7 Å². The van der Waals surface area contributed by atoms with E-state index < -0.39 is 78.6 Å². The third-order valence-electron chi connectivity index (χ3n) is 7.79. The lowest BCUT2D eigenvalue weighted by molar-refractivity contribution is -0.137. The summed E-state index contributed by atoms with van der Waals surface area (Å²) in [5.74, 6) is -0.698. The number of rotatable bonds is 20. The van der Waals surface area contributed by atoms with E-state index in [2.05, 4.69) is 34.4 Å². The van der Waals surface area contributed by atoms with Gasteiger partial charge in [0.15, 0.2) is 17.7 Å². The number of nitrogens with one attached hydrogen (secondary N) is 2. The summed E-state index contributed by atoms with van der Waals surface area (Å²) in [5.41, 5.74) is 5.44. The van der Waals surface area contributed by atoms with E-state index in [1.165, 1.54) is 13.8 Å². The zero-order chi connectivity index (χ0) is 40.8. The number of hydrogen-bond acceptors (Lipinski definition) is 17. The number of fused-ring (bicyclic) bond motifs is 1. The predicted molar refractivity (Wildman–Crippen MR) is 192 cm³/mol. The van der Waals surface area contributed by atoms with Crippen molar-refractivity contribution in [2.45, 2.75) is 62.7 Å². The lowest BCUT2D eigenvalue weighted by Crippen LogP contribution is -2.46. The first-order valence-electron chi connectivity index (χ1n) is 16.2. The Labute approximate surface area is 317 Å². The van der Waals surface area contributed by atoms with Gasteiger partial charge in [-0.05, 0) is 19.1 Å². The molecule has 1 fully saturated rings. The van der Waals surface area contributed by atoms with E-state index in [1.54, 1.807) is 11.8 Å². The number of imidazole rings is 1. The molecule has 0 spiro atoms. The van der Waals surface area contributed by atoms with Crippen molar-refractivity contribution in [3.63, 3.8) is 0 Å². The Bertz CT molecular complexity index is 1950. The van der Waals surface area contributed by atoms with E-state index in [4.69, 9.17) is 19.5 Å². The number of nitrogens with two attached hydrogens (primary N) is 1. The number of carbonyl (C=O) groups is 2. The van der Waals surface area contributed by atoms with Crippen LogP contribution in [0, 0.1) is 12.3 Å². The van der Waals surface area contributed by atoms with Crippen LogP contribution in [0.25, 0.3) is 11.2 Å². The van der Waals surface area contributed by atoms with Crippen molar-refractivity contribution in [3.8, 4) is 0 Å². The van der Waals surface area contributed by atoms with Gasteiger partial charge in [0.25, 0.3) is 0 Å². The van der Waals surface area contributed by atoms with Crippen molar-refractivity contribution >= 4 is 64.0 Å². The topological polar surface area (TPSA) is 347 Å². The maximum atomic E-state index is 12.7. The van der Waals surface area contributed by atoms with Gasteiger partial charge < -0.3 is 50.9 Å². The smallest absolute Gasteiger partial charge is 0.386 e. The number of nitrogens with zero attached hydrogens (tertiary/aromatic N) is 4. The summed E-state index contributed by atoms with van der Waals surface area (Å²) in [4.78, 5) is 76.7. The number of ether oxygens (including phenoxy) is 1. The lowest BCUT2D eigenvalue weighted by atomic mass is 9.87. The number of nitrogen functional groups attached to an aromatic ring is 1. The minimum absolute atomic E-state index is 0.0362. The molecule has 0 saturated carbocycles. The number of aliphatic hydroxyl groups is 2. The molecule has 10 N–H and O–H groups in total. The normalized spacial score (nSPS) is 21.8. The third kappa shape index (κ3) is 13.1. The molecule has 1 aliphatic heterocycles. The number of phosphoric acid groups is 3. The van der Waals surface area contributed by atoms with Crippen LogP contribution in [0.3, 0.4) is 0 Å². The molecule has 306 valence electrons. The van der Waals surface area contributed by atoms with Gasteiger partial charge in [-0.3, -0.25) is 27.7 Å². The number of hydrogen-bond donors (Lipinski definition) is 9. The van der Waals surface area contributed by atoms with Crippen molar-refractivity contribution in [1.29, 1.82) is 0 Å². The number of anilines is 1. The Balaban J connectivity index is 1.24. The Morgan fingerprint density at radius 1 is 1.04 bits per heavy atom. The van der Waals surface area contributed by atoms with Gasteiger partial charge in [-0.2, -0.15) is 4.31 Å². The van der Waals surface area contributed by atoms with Gasteiger partial charge >= 0.3 is 23.5 Å². The van der Waals surface area contributed by atoms with E-state index in [1.807, 2.05) is 31.2 Å². The van der Waals surface area contributed by atoms with Crippen LogP contribution in [-0.4, -0.2) is 118 Å². The molecule has 0 radical (unpaired) electrons. The Morgan fingerprint density at radius 3 is 2.38 bits per heavy atom. The second kappa shape index (κ2) is 18.6. The van der Waals surface area contributed by atoms with E-state index in [0.29, 0.717) is 12.3 Å². The molecule has 1 aromatic carbocycles. The fourth-order valence-electron chi connectivity index (χ4n) is 4.93. The summed E-state index contributed by atoms with van der Waals surface area (Å²) in [6.45, 7) is 2.79. The number of aromatic nitrogens is 4. The number of aliphatic hydroxyl groups excluding tert-OH is 2. The Hall–Kier alpha value is -2.89. The van der Waals surface area contributed by atoms with E-state index >= 15 is 0 Å². The average molecular weight is 858 g/mol. The second-order valence-corrected chi connectivity index (χ2v) is 18.1. The summed E-state index contributed by atoms with van der Waals surface area (Å²) < 4.78 is 62.2. The van der Waals surface area contributed by atoms with Crippen molar-refractivity contribution in [2.75, 3.05) is 37.8 Å². The molecule has 0 bridgehead atoms. The minimum atomic E-state index is -5.55. The van der Waals surface area contributed by atoms with Crippen LogP contribution in [0.15, 0.2) is 41.8 Å². The molecule has 2 unspecified atom stereocenters. The van der Waals surface area contributed by atoms with Gasteiger partial charge in [0.2, 0.25) is 11.8 Å². The van der Waals surface area contributed by atoms with Crippen LogP contribution in [0.1, 0.15) is 32.1 Å². The maximum absolute atomic E-state index is 12.7. The minimum Gasteiger partial charge on any atom is -0.386 e. The predicted octanol–water partition coefficient (Wildman–Crippen LogP) is 0.506. The number of carbonyl (C=O) groups excluding carboxylic acids is 2. The zero-order valence-corrected chi connectivity index (χ0v) is 33.0. The molecule has 3 heterocycles. The van der Waals surface area contributed by atoms with Gasteiger partial charge in [-0.25, -0.2) is 28.6 Å². The maximum Gasteiger partial charge on any atom is 0.481 e. The van der Waals surface area contributed by atoms with Crippen LogP contribution in [-0.2, 0) is 45.9 Å². The molecule has 3 aromatic rings. The first-order valence-corrected chi connectivity index (χ1v) is 21.7. The Morgan fingerprint density at radius 2 is 1.71 bits per heavy atom. The lowest BCUT2D eigenvalue weighted by Gasteiger charge is -2.30. The third-order valence-corrected chi connectivity index (χ3v) is 11.9. The molecule has 0 aliphatic carbocycles. The molecule has 27 heteroatoms. The van der Waals surface area contributed by atoms with Gasteiger partial charge in [0.05, 0.1) is 19.5 Å². The molecule has 2 amide bonds. The fourth-order valence-corrected chi connectivity index (χ4v) is 8.53. The highest BCUT2D eigenvalue weighted by Gasteiger charge is 2.50. The summed E-state index contributed by atoms with van der Waals surface area (Å²) in [5, 5.41) is 26.5. The number of amides is 2. The quantitative estimate of drug-likeness (QED) is 0.0424. The SMILES string of the molecule is Cc1ccc(SCCNC(=O)CCNC(=O)[C@H](O)C(C)(C)COP(=O)(O)OP(=O)(O)OC[C@H]2O[C@@H](n3cnc4c(N)ncnc43)[C@H](O)[C@@H]2OP(=O)(O)O)cc1. The van der Waals surface area contributed by atoms with Crippen LogP contribution >= 0.6 is 35.2 Å². The van der Waals surface area contributed by atoms with Crippen LogP contribution in [0.4, 0.5) is 5.82 Å². The summed E-state index contributed by atoms with van der Waals surface area (Å²) in [7, 11) is -16.3. The number of thioether (sulfide) groups is 1. The molecular weight excluding hydrogens is 815 g/mol. The highest BCUT2D eigenvalue weighted by molar-refractivity contribution is 7.99. The van der Waals surface area contributed by atoms with Crippen molar-refractivity contribution in [1.82, 2.24) is 30.2 Å². The molecular formula is C28H42N7O16P3S. The number of aryl methyl sites for hydroxylation is 1. The second-order valence-electron chi connectivity index (χ2n) is 12.7. The largest absolute Gasteiger partial charge is 0.481 e. The average Bonchev–Trinajstić information content (AvgIpc) is 3.65. The van der Waals surface area contributed by atoms with Crippen LogP contribution < -0.4 is 16.4 Å². The Kier molecular flexibility index (Phi) is 15.1. The highest BCUT2D eigenvalue weighted by Crippen LogP contribution is 2.61. The first kappa shape index (κ1) is 44.8. The molecule has 1 aliphatic rings. The van der Waals surface area contributed by atoms with Gasteiger partial charge in [0.1, 0.15) is 36.3 Å². The summed E-state index contributed by atoms with van der Waals surface area (Å²) in [6.07, 6.45) is -6.76. The highest BCUT2D eigenvalue weighted by atomic mass is 32.2. The van der Waals surface area contributed by atoms with Crippen LogP contribution in [0.2, 0.25) is 0 Å². The molecule has 1 saturated heterocycles. The molecule has 55 heavy (non-hydrogen) atoms. The van der Waals surface area contributed by atoms with Gasteiger partial charge in [-0.15, -0.1) is 11.8 Å². The van der Waals surface area contributed by atoms with Crippen molar-refractivity contribution in [3.05, 3.63) is 42.5 Å². The first-order chi connectivity index (χ1) is 25.6. The van der Waals surface area contributed by atoms with Gasteiger partial charge in [0, 0.05) is 35.6 Å². The molecule has 7 atom stereocenters. The number of phosphoric ester groups is 3.